The lowest BCUT2D eigenvalue weighted by molar-refractivity contribution is -0.161. The molecular formula is C84H164O17P2. The smallest absolute Gasteiger partial charge is 0.462 e. The summed E-state index contributed by atoms with van der Waals surface area (Å²) >= 11 is 0. The zero-order valence-corrected chi connectivity index (χ0v) is 69.6. The topological polar surface area (TPSA) is 237 Å². The molecule has 2 unspecified atom stereocenters. The molecule has 0 spiro atoms. The lowest BCUT2D eigenvalue weighted by Crippen LogP contribution is -2.30. The number of carbonyl (C=O) groups is 4. The van der Waals surface area contributed by atoms with E-state index in [0.29, 0.717) is 31.6 Å². The van der Waals surface area contributed by atoms with Gasteiger partial charge in [0.25, 0.3) is 0 Å². The van der Waals surface area contributed by atoms with Crippen LogP contribution < -0.4 is 0 Å². The Kier molecular flexibility index (Phi) is 72.8. The van der Waals surface area contributed by atoms with Gasteiger partial charge in [0.1, 0.15) is 19.3 Å². The van der Waals surface area contributed by atoms with Gasteiger partial charge in [-0.05, 0) is 43.4 Å². The summed E-state index contributed by atoms with van der Waals surface area (Å²) in [7, 11) is -9.92. The summed E-state index contributed by atoms with van der Waals surface area (Å²) < 4.78 is 68.8. The van der Waals surface area contributed by atoms with Crippen molar-refractivity contribution in [2.75, 3.05) is 39.6 Å². The molecule has 0 heterocycles. The number of hydrogen-bond acceptors (Lipinski definition) is 15. The molecule has 17 nitrogen and oxygen atoms in total. The fourth-order valence-electron chi connectivity index (χ4n) is 13.0. The van der Waals surface area contributed by atoms with Gasteiger partial charge < -0.3 is 33.8 Å². The summed E-state index contributed by atoms with van der Waals surface area (Å²) in [4.78, 5) is 73.1. The van der Waals surface area contributed by atoms with Gasteiger partial charge in [0.15, 0.2) is 12.2 Å². The molecule has 0 bridgehead atoms. The molecule has 5 atom stereocenters. The van der Waals surface area contributed by atoms with Crippen LogP contribution in [0.4, 0.5) is 0 Å². The fourth-order valence-corrected chi connectivity index (χ4v) is 14.6. The van der Waals surface area contributed by atoms with Gasteiger partial charge in [-0.25, -0.2) is 9.13 Å². The number of phosphoric acid groups is 2. The first-order valence-electron chi connectivity index (χ1n) is 43.3. The fraction of sp³-hybridized carbons (Fsp3) is 0.952. The van der Waals surface area contributed by atoms with E-state index in [9.17, 15) is 43.2 Å². The summed E-state index contributed by atoms with van der Waals surface area (Å²) in [5.74, 6) is 0.180. The monoisotopic (exact) mass is 1510 g/mol. The van der Waals surface area contributed by atoms with E-state index >= 15 is 0 Å². The normalized spacial score (nSPS) is 13.9. The highest BCUT2D eigenvalue weighted by Gasteiger charge is 2.30. The van der Waals surface area contributed by atoms with Crippen LogP contribution in [-0.2, 0) is 65.4 Å². The highest BCUT2D eigenvalue weighted by Crippen LogP contribution is 2.45. The molecule has 0 aromatic heterocycles. The van der Waals surface area contributed by atoms with E-state index in [4.69, 9.17) is 37.0 Å². The Morgan fingerprint density at radius 2 is 0.447 bits per heavy atom. The second kappa shape index (κ2) is 74.2. The second-order valence-electron chi connectivity index (χ2n) is 31.6. The molecule has 0 saturated carbocycles. The van der Waals surface area contributed by atoms with E-state index in [2.05, 4.69) is 48.5 Å². The minimum absolute atomic E-state index is 0.107. The van der Waals surface area contributed by atoms with Gasteiger partial charge in [-0.2, -0.15) is 0 Å². The highest BCUT2D eigenvalue weighted by atomic mass is 31.2. The number of phosphoric ester groups is 2. The third-order valence-electron chi connectivity index (χ3n) is 19.6. The Bertz CT molecular complexity index is 1990. The number of unbranched alkanes of at least 4 members (excludes halogenated alkanes) is 50. The predicted molar refractivity (Wildman–Crippen MR) is 423 cm³/mol. The second-order valence-corrected chi connectivity index (χ2v) is 34.6. The first kappa shape index (κ1) is 101. The van der Waals surface area contributed by atoms with Gasteiger partial charge in [-0.1, -0.05) is 389 Å². The molecule has 19 heteroatoms. The molecule has 3 N–H and O–H groups in total. The summed E-state index contributed by atoms with van der Waals surface area (Å²) in [6, 6.07) is 0. The number of hydrogen-bond donors (Lipinski definition) is 3. The van der Waals surface area contributed by atoms with Crippen LogP contribution in [0.5, 0.6) is 0 Å². The maximum Gasteiger partial charge on any atom is 0.472 e. The highest BCUT2D eigenvalue weighted by molar-refractivity contribution is 7.47. The van der Waals surface area contributed by atoms with Gasteiger partial charge in [0, 0.05) is 25.7 Å². The van der Waals surface area contributed by atoms with E-state index in [1.54, 1.807) is 0 Å². The molecule has 0 amide bonds. The van der Waals surface area contributed by atoms with Crippen LogP contribution >= 0.6 is 15.6 Å². The molecule has 0 aliphatic carbocycles. The third kappa shape index (κ3) is 78.0. The van der Waals surface area contributed by atoms with Crippen molar-refractivity contribution >= 4 is 39.5 Å². The zero-order chi connectivity index (χ0) is 75.8. The number of ether oxygens (including phenoxy) is 4. The van der Waals surface area contributed by atoms with Crippen molar-refractivity contribution in [3.8, 4) is 0 Å². The van der Waals surface area contributed by atoms with Gasteiger partial charge in [-0.3, -0.25) is 37.3 Å². The van der Waals surface area contributed by atoms with Gasteiger partial charge in [0.05, 0.1) is 26.4 Å². The van der Waals surface area contributed by atoms with Gasteiger partial charge in [-0.15, -0.1) is 0 Å². The molecule has 0 aromatic carbocycles. The molecule has 103 heavy (non-hydrogen) atoms. The first-order chi connectivity index (χ1) is 49.7. The molecular weight excluding hydrogens is 1340 g/mol. The average Bonchev–Trinajstić information content (AvgIpc) is 0.917. The van der Waals surface area contributed by atoms with Crippen LogP contribution in [0.15, 0.2) is 0 Å². The van der Waals surface area contributed by atoms with E-state index in [1.165, 1.54) is 244 Å². The van der Waals surface area contributed by atoms with E-state index in [0.717, 1.165) is 108 Å². The Hall–Kier alpha value is -1.94. The third-order valence-corrected chi connectivity index (χ3v) is 21.5. The van der Waals surface area contributed by atoms with Crippen molar-refractivity contribution in [3.05, 3.63) is 0 Å². The first-order valence-corrected chi connectivity index (χ1v) is 46.3. The molecule has 0 rings (SSSR count). The van der Waals surface area contributed by atoms with Gasteiger partial charge >= 0.3 is 39.5 Å². The van der Waals surface area contributed by atoms with Crippen molar-refractivity contribution < 1.29 is 80.2 Å². The van der Waals surface area contributed by atoms with Crippen LogP contribution in [0, 0.1) is 17.8 Å². The van der Waals surface area contributed by atoms with Gasteiger partial charge in [0.2, 0.25) is 0 Å². The summed E-state index contributed by atoms with van der Waals surface area (Å²) in [6.07, 6.45) is 64.0. The Labute approximate surface area is 632 Å². The van der Waals surface area contributed by atoms with E-state index in [-0.39, 0.29) is 25.7 Å². The van der Waals surface area contributed by atoms with Crippen molar-refractivity contribution in [2.24, 2.45) is 17.8 Å². The molecule has 0 aliphatic rings. The minimum atomic E-state index is -4.96. The van der Waals surface area contributed by atoms with Crippen LogP contribution in [0.2, 0.25) is 0 Å². The summed E-state index contributed by atoms with van der Waals surface area (Å²) in [6.45, 7) is 11.9. The van der Waals surface area contributed by atoms with Crippen molar-refractivity contribution in [2.45, 2.75) is 458 Å². The number of rotatable bonds is 82. The zero-order valence-electron chi connectivity index (χ0n) is 67.8. The van der Waals surface area contributed by atoms with E-state index < -0.39 is 97.5 Å². The lowest BCUT2D eigenvalue weighted by Gasteiger charge is -2.21. The average molecular weight is 1510 g/mol. The molecule has 0 aromatic rings. The molecule has 0 radical (unpaired) electrons. The number of aliphatic hydroxyl groups excluding tert-OH is 1. The maximum absolute atomic E-state index is 13.1. The van der Waals surface area contributed by atoms with Crippen LogP contribution in [-0.4, -0.2) is 96.7 Å². The Morgan fingerprint density at radius 1 is 0.262 bits per heavy atom. The Morgan fingerprint density at radius 3 is 0.660 bits per heavy atom. The van der Waals surface area contributed by atoms with Crippen molar-refractivity contribution in [1.82, 2.24) is 0 Å². The Balaban J connectivity index is 5.22. The van der Waals surface area contributed by atoms with Crippen LogP contribution in [0.25, 0.3) is 0 Å². The summed E-state index contributed by atoms with van der Waals surface area (Å²) in [5.41, 5.74) is 0. The standard InChI is InChI=1S/C84H164O17P2/c1-8-9-10-11-12-13-14-15-16-17-18-23-29-34-39-44-53-60-68-84(89)101-80(72-95-82(87)66-59-52-47-46-50-57-64-77(6)7)74-99-103(92,93)97-70-78(85)69-96-102(90,91)98-73-79(100-83(88)67-61-54-45-40-35-30-25-20-22-27-32-37-42-49-56-63-76(4)5)71-94-81(86)65-58-51-43-38-33-28-24-19-21-26-31-36-41-48-55-62-75(2)3/h75-80,85H,8-74H2,1-7H3,(H,90,91)(H,92,93)/t78-,79-,80-/m1/s1. The quantitative estimate of drug-likeness (QED) is 0.0222. The van der Waals surface area contributed by atoms with Crippen molar-refractivity contribution in [3.63, 3.8) is 0 Å². The summed E-state index contributed by atoms with van der Waals surface area (Å²) in [5, 5.41) is 10.7. The van der Waals surface area contributed by atoms with Crippen molar-refractivity contribution in [1.29, 1.82) is 0 Å². The number of aliphatic hydroxyl groups is 1. The molecule has 0 fully saturated rings. The number of carbonyl (C=O) groups excluding carboxylic acids is 4. The van der Waals surface area contributed by atoms with E-state index in [1.807, 2.05) is 0 Å². The SMILES string of the molecule is CCCCCCCCCCCCCCCCCCCCC(=O)O[C@H](COC(=O)CCCCCCCCC(C)C)COP(=O)(O)OC[C@H](O)COP(=O)(O)OC[C@@H](COC(=O)CCCCCCCCCCCCCCCCCC(C)C)OC(=O)CCCCCCCCCCCCCCCCCC(C)C. The molecule has 612 valence electrons. The number of esters is 4. The lowest BCUT2D eigenvalue weighted by atomic mass is 10.0. The molecule has 0 saturated heterocycles. The van der Waals surface area contributed by atoms with Crippen LogP contribution in [0.3, 0.4) is 0 Å². The maximum atomic E-state index is 13.1. The largest absolute Gasteiger partial charge is 0.472 e. The predicted octanol–water partition coefficient (Wildman–Crippen LogP) is 25.3. The molecule has 0 aliphatic heterocycles. The van der Waals surface area contributed by atoms with Crippen LogP contribution in [0.1, 0.15) is 440 Å². The minimum Gasteiger partial charge on any atom is -0.462 e.